The van der Waals surface area contributed by atoms with E-state index in [4.69, 9.17) is 11.6 Å². The zero-order chi connectivity index (χ0) is 17.9. The number of para-hydroxylation sites is 1. The zero-order valence-corrected chi connectivity index (χ0v) is 14.1. The van der Waals surface area contributed by atoms with Crippen molar-refractivity contribution in [3.63, 3.8) is 0 Å². The van der Waals surface area contributed by atoms with Crippen LogP contribution in [0.2, 0.25) is 0 Å². The molecule has 0 saturated heterocycles. The second kappa shape index (κ2) is 6.98. The number of halogens is 1. The predicted molar refractivity (Wildman–Crippen MR) is 89.7 cm³/mol. The van der Waals surface area contributed by atoms with E-state index < -0.39 is 37.3 Å². The van der Waals surface area contributed by atoms with Crippen molar-refractivity contribution in [1.82, 2.24) is 0 Å². The Kier molecular flexibility index (Phi) is 5.20. The second-order valence-electron chi connectivity index (χ2n) is 4.93. The van der Waals surface area contributed by atoms with Crippen LogP contribution < -0.4 is 4.31 Å². The average molecular weight is 369 g/mol. The van der Waals surface area contributed by atoms with Crippen LogP contribution in [-0.4, -0.2) is 25.1 Å². The normalized spacial score (nSPS) is 11.1. The molecular weight excluding hydrogens is 356 g/mol. The molecule has 0 heterocycles. The van der Waals surface area contributed by atoms with Crippen LogP contribution >= 0.6 is 11.6 Å². The molecule has 2 rings (SSSR count). The lowest BCUT2D eigenvalue weighted by molar-refractivity contribution is -0.387. The minimum absolute atomic E-state index is 0.196. The van der Waals surface area contributed by atoms with E-state index in [0.29, 0.717) is 0 Å². The van der Waals surface area contributed by atoms with Gasteiger partial charge in [0.25, 0.3) is 15.7 Å². The highest BCUT2D eigenvalue weighted by molar-refractivity contribution is 7.93. The van der Waals surface area contributed by atoms with Crippen LogP contribution in [-0.2, 0) is 14.8 Å². The van der Waals surface area contributed by atoms with E-state index in [1.807, 2.05) is 0 Å². The maximum atomic E-state index is 12.9. The van der Waals surface area contributed by atoms with E-state index in [1.165, 1.54) is 18.2 Å². The van der Waals surface area contributed by atoms with Gasteiger partial charge in [0.05, 0.1) is 10.6 Å². The van der Waals surface area contributed by atoms with Gasteiger partial charge in [-0.05, 0) is 42.3 Å². The Hall–Kier alpha value is -2.45. The molecule has 24 heavy (non-hydrogen) atoms. The number of benzene rings is 2. The molecule has 9 heteroatoms. The molecule has 7 nitrogen and oxygen atoms in total. The number of anilines is 1. The van der Waals surface area contributed by atoms with Crippen LogP contribution in [0, 0.1) is 17.0 Å². The quantitative estimate of drug-likeness (QED) is 0.443. The van der Waals surface area contributed by atoms with Crippen molar-refractivity contribution in [2.75, 3.05) is 10.8 Å². The van der Waals surface area contributed by atoms with Gasteiger partial charge in [-0.25, -0.2) is 8.42 Å². The Balaban J connectivity index is 2.65. The largest absolute Gasteiger partial charge is 0.289 e. The van der Waals surface area contributed by atoms with Crippen LogP contribution in [0.3, 0.4) is 0 Å². The van der Waals surface area contributed by atoms with Crippen LogP contribution in [0.1, 0.15) is 5.56 Å². The molecule has 2 aromatic carbocycles. The van der Waals surface area contributed by atoms with E-state index in [-0.39, 0.29) is 5.69 Å². The molecule has 0 radical (unpaired) electrons. The van der Waals surface area contributed by atoms with Crippen molar-refractivity contribution >= 4 is 38.2 Å². The maximum Gasteiger partial charge on any atom is 0.289 e. The van der Waals surface area contributed by atoms with E-state index in [1.54, 1.807) is 25.1 Å². The highest BCUT2D eigenvalue weighted by Gasteiger charge is 2.32. The summed E-state index contributed by atoms with van der Waals surface area (Å²) in [7, 11) is -4.36. The van der Waals surface area contributed by atoms with Gasteiger partial charge in [0, 0.05) is 6.07 Å². The molecule has 0 aliphatic rings. The van der Waals surface area contributed by atoms with Gasteiger partial charge in [0.2, 0.25) is 5.24 Å². The summed E-state index contributed by atoms with van der Waals surface area (Å²) in [6, 6.07) is 11.3. The number of hydrogen-bond donors (Lipinski definition) is 0. The minimum atomic E-state index is -4.36. The third kappa shape index (κ3) is 3.72. The van der Waals surface area contributed by atoms with Crippen LogP contribution in [0.25, 0.3) is 0 Å². The van der Waals surface area contributed by atoms with Crippen LogP contribution in [0.15, 0.2) is 53.4 Å². The highest BCUT2D eigenvalue weighted by Crippen LogP contribution is 2.30. The first-order chi connectivity index (χ1) is 11.2. The van der Waals surface area contributed by atoms with Crippen molar-refractivity contribution in [3.8, 4) is 0 Å². The van der Waals surface area contributed by atoms with Gasteiger partial charge in [-0.2, -0.15) is 0 Å². The summed E-state index contributed by atoms with van der Waals surface area (Å²) in [5, 5.41) is 10.2. The lowest BCUT2D eigenvalue weighted by Gasteiger charge is -2.23. The highest BCUT2D eigenvalue weighted by atomic mass is 35.5. The van der Waals surface area contributed by atoms with Crippen molar-refractivity contribution in [3.05, 3.63) is 64.2 Å². The first-order valence-corrected chi connectivity index (χ1v) is 8.56. The monoisotopic (exact) mass is 368 g/mol. The fourth-order valence-corrected chi connectivity index (χ4v) is 3.92. The van der Waals surface area contributed by atoms with Crippen molar-refractivity contribution < 1.29 is 18.1 Å². The topological polar surface area (TPSA) is 97.6 Å². The predicted octanol–water partition coefficient (Wildman–Crippen LogP) is 2.86. The molecule has 0 spiro atoms. The van der Waals surface area contributed by atoms with Gasteiger partial charge >= 0.3 is 0 Å². The van der Waals surface area contributed by atoms with Gasteiger partial charge in [0.15, 0.2) is 4.90 Å². The van der Waals surface area contributed by atoms with Gasteiger partial charge in [-0.15, -0.1) is 0 Å². The molecule has 2 aromatic rings. The first-order valence-electron chi connectivity index (χ1n) is 6.74. The molecule has 0 fully saturated rings. The smallest absolute Gasteiger partial charge is 0.279 e. The summed E-state index contributed by atoms with van der Waals surface area (Å²) < 4.78 is 26.6. The Bertz CT molecular complexity index is 898. The minimum Gasteiger partial charge on any atom is -0.279 e. The van der Waals surface area contributed by atoms with Crippen LogP contribution in [0.4, 0.5) is 11.4 Å². The lowest BCUT2D eigenvalue weighted by atomic mass is 10.2. The van der Waals surface area contributed by atoms with Gasteiger partial charge in [-0.1, -0.05) is 24.3 Å². The lowest BCUT2D eigenvalue weighted by Crippen LogP contribution is -2.34. The fourth-order valence-electron chi connectivity index (χ4n) is 2.16. The number of rotatable bonds is 6. The van der Waals surface area contributed by atoms with Crippen molar-refractivity contribution in [2.45, 2.75) is 11.8 Å². The number of aryl methyl sites for hydroxylation is 1. The number of sulfonamides is 1. The summed E-state index contributed by atoms with van der Waals surface area (Å²) in [4.78, 5) is 21.2. The van der Waals surface area contributed by atoms with E-state index in [9.17, 15) is 23.3 Å². The number of nitro groups is 1. The van der Waals surface area contributed by atoms with Crippen molar-refractivity contribution in [1.29, 1.82) is 0 Å². The standard InChI is InChI=1S/C15H13ClN2O5S/c1-11-5-4-6-12(9-11)17(10-15(16)19)24(22,23)14-8-3-2-7-13(14)18(20)21/h2-9H,10H2,1H3. The maximum absolute atomic E-state index is 12.9. The molecule has 126 valence electrons. The van der Waals surface area contributed by atoms with E-state index in [0.717, 1.165) is 22.0 Å². The van der Waals surface area contributed by atoms with Crippen LogP contribution in [0.5, 0.6) is 0 Å². The number of nitrogens with zero attached hydrogens (tertiary/aromatic N) is 2. The molecule has 0 saturated carbocycles. The molecule has 0 N–H and O–H groups in total. The second-order valence-corrected chi connectivity index (χ2v) is 7.18. The molecule has 0 bridgehead atoms. The first kappa shape index (κ1) is 17.9. The number of nitro benzene ring substituents is 1. The Morgan fingerprint density at radius 2 is 1.88 bits per heavy atom. The summed E-state index contributed by atoms with van der Waals surface area (Å²) in [6.45, 7) is 1.11. The Morgan fingerprint density at radius 3 is 2.46 bits per heavy atom. The summed E-state index contributed by atoms with van der Waals surface area (Å²) in [5.74, 6) is 0. The third-order valence-electron chi connectivity index (χ3n) is 3.19. The third-order valence-corrected chi connectivity index (χ3v) is 5.13. The number of carbonyl (C=O) groups excluding carboxylic acids is 1. The average Bonchev–Trinajstić information content (AvgIpc) is 2.52. The molecule has 0 unspecified atom stereocenters. The van der Waals surface area contributed by atoms with E-state index >= 15 is 0 Å². The van der Waals surface area contributed by atoms with Gasteiger partial charge in [0.1, 0.15) is 6.54 Å². The molecule has 0 aliphatic heterocycles. The number of carbonyl (C=O) groups is 1. The number of hydrogen-bond acceptors (Lipinski definition) is 5. The molecule has 0 atom stereocenters. The van der Waals surface area contributed by atoms with E-state index in [2.05, 4.69) is 0 Å². The Labute approximate surface area is 143 Å². The zero-order valence-electron chi connectivity index (χ0n) is 12.5. The summed E-state index contributed by atoms with van der Waals surface area (Å²) in [6.07, 6.45) is 0. The molecule has 0 aliphatic carbocycles. The fraction of sp³-hybridized carbons (Fsp3) is 0.133. The van der Waals surface area contributed by atoms with Gasteiger partial charge < -0.3 is 0 Å². The molecule has 0 aromatic heterocycles. The summed E-state index contributed by atoms with van der Waals surface area (Å²) in [5.41, 5.74) is 0.386. The molecule has 0 amide bonds. The Morgan fingerprint density at radius 1 is 1.21 bits per heavy atom. The molecular formula is C15H13ClN2O5S. The van der Waals surface area contributed by atoms with Crippen molar-refractivity contribution in [2.24, 2.45) is 0 Å². The summed E-state index contributed by atoms with van der Waals surface area (Å²) >= 11 is 5.38. The van der Waals surface area contributed by atoms with Gasteiger partial charge in [-0.3, -0.25) is 19.2 Å². The SMILES string of the molecule is Cc1cccc(N(CC(=O)Cl)S(=O)(=O)c2ccccc2[N+](=O)[O-])c1.